The first kappa shape index (κ1) is 12.4. The van der Waals surface area contributed by atoms with Gasteiger partial charge in [-0.2, -0.15) is 0 Å². The van der Waals surface area contributed by atoms with E-state index in [1.54, 1.807) is 0 Å². The third-order valence-corrected chi connectivity index (χ3v) is 3.76. The molecule has 0 aromatic heterocycles. The summed E-state index contributed by atoms with van der Waals surface area (Å²) in [7, 11) is 0. The van der Waals surface area contributed by atoms with E-state index < -0.39 is 0 Å². The van der Waals surface area contributed by atoms with Gasteiger partial charge < -0.3 is 9.84 Å². The van der Waals surface area contributed by atoms with Gasteiger partial charge in [-0.25, -0.2) is 0 Å². The van der Waals surface area contributed by atoms with E-state index >= 15 is 0 Å². The number of ether oxygens (including phenoxy) is 1. The maximum atomic E-state index is 9.81. The lowest BCUT2D eigenvalue weighted by atomic mass is 9.98. The van der Waals surface area contributed by atoms with E-state index in [-0.39, 0.29) is 12.2 Å². The van der Waals surface area contributed by atoms with Crippen LogP contribution in [0.4, 0.5) is 0 Å². The summed E-state index contributed by atoms with van der Waals surface area (Å²) in [4.78, 5) is 0. The van der Waals surface area contributed by atoms with Crippen LogP contribution < -0.4 is 4.74 Å². The molecular weight excluding hydrogens is 212 g/mol. The predicted molar refractivity (Wildman–Crippen MR) is 69.4 cm³/mol. The van der Waals surface area contributed by atoms with E-state index in [2.05, 4.69) is 26.0 Å². The Kier molecular flexibility index (Phi) is 4.06. The molecule has 1 saturated carbocycles. The molecule has 1 N–H and O–H groups in total. The lowest BCUT2D eigenvalue weighted by Crippen LogP contribution is -2.26. The highest BCUT2D eigenvalue weighted by atomic mass is 16.5. The average Bonchev–Trinajstić information content (AvgIpc) is 2.75. The SMILES string of the molecule is CCC(C)c1ccccc1O[C@@H]1CCC[C@H]1O. The van der Waals surface area contributed by atoms with Crippen molar-refractivity contribution < 1.29 is 9.84 Å². The molecule has 1 unspecified atom stereocenters. The molecule has 0 aliphatic heterocycles. The predicted octanol–water partition coefficient (Wildman–Crippen LogP) is 3.49. The smallest absolute Gasteiger partial charge is 0.124 e. The number of aliphatic hydroxyl groups is 1. The van der Waals surface area contributed by atoms with Crippen molar-refractivity contribution in [2.24, 2.45) is 0 Å². The lowest BCUT2D eigenvalue weighted by Gasteiger charge is -2.21. The van der Waals surface area contributed by atoms with Crippen molar-refractivity contribution in [3.63, 3.8) is 0 Å². The van der Waals surface area contributed by atoms with Crippen LogP contribution in [0.25, 0.3) is 0 Å². The van der Waals surface area contributed by atoms with Crippen molar-refractivity contribution in [3.8, 4) is 5.75 Å². The second-order valence-electron chi connectivity index (χ2n) is 5.00. The molecule has 1 fully saturated rings. The molecule has 1 aliphatic rings. The summed E-state index contributed by atoms with van der Waals surface area (Å²) in [6.45, 7) is 4.40. The van der Waals surface area contributed by atoms with Gasteiger partial charge in [-0.1, -0.05) is 32.0 Å². The largest absolute Gasteiger partial charge is 0.487 e. The van der Waals surface area contributed by atoms with Gasteiger partial charge in [0, 0.05) is 0 Å². The van der Waals surface area contributed by atoms with Crippen molar-refractivity contribution in [1.29, 1.82) is 0 Å². The molecule has 0 amide bonds. The van der Waals surface area contributed by atoms with Crippen LogP contribution in [0, 0.1) is 0 Å². The van der Waals surface area contributed by atoms with Gasteiger partial charge in [0.15, 0.2) is 0 Å². The summed E-state index contributed by atoms with van der Waals surface area (Å²) in [5.74, 6) is 1.46. The minimum absolute atomic E-state index is 0.0137. The Bertz CT molecular complexity index is 362. The highest BCUT2D eigenvalue weighted by Crippen LogP contribution is 2.32. The summed E-state index contributed by atoms with van der Waals surface area (Å²) in [5.41, 5.74) is 1.26. The molecule has 17 heavy (non-hydrogen) atoms. The number of para-hydroxylation sites is 1. The zero-order valence-electron chi connectivity index (χ0n) is 10.7. The Morgan fingerprint density at radius 3 is 2.76 bits per heavy atom. The monoisotopic (exact) mass is 234 g/mol. The molecule has 0 spiro atoms. The number of hydrogen-bond acceptors (Lipinski definition) is 2. The van der Waals surface area contributed by atoms with E-state index in [0.717, 1.165) is 31.4 Å². The van der Waals surface area contributed by atoms with E-state index in [4.69, 9.17) is 4.74 Å². The maximum absolute atomic E-state index is 9.81. The van der Waals surface area contributed by atoms with Gasteiger partial charge in [-0.15, -0.1) is 0 Å². The van der Waals surface area contributed by atoms with Gasteiger partial charge in [0.05, 0.1) is 6.10 Å². The number of rotatable bonds is 4. The van der Waals surface area contributed by atoms with E-state index in [9.17, 15) is 5.11 Å². The van der Waals surface area contributed by atoms with Crippen LogP contribution in [0.3, 0.4) is 0 Å². The van der Waals surface area contributed by atoms with Crippen molar-refractivity contribution >= 4 is 0 Å². The second kappa shape index (κ2) is 5.54. The fraction of sp³-hybridized carbons (Fsp3) is 0.600. The van der Waals surface area contributed by atoms with Crippen molar-refractivity contribution in [1.82, 2.24) is 0 Å². The maximum Gasteiger partial charge on any atom is 0.124 e. The van der Waals surface area contributed by atoms with Gasteiger partial charge >= 0.3 is 0 Å². The summed E-state index contributed by atoms with van der Waals surface area (Å²) in [5, 5.41) is 9.81. The van der Waals surface area contributed by atoms with Crippen LogP contribution in [0.2, 0.25) is 0 Å². The average molecular weight is 234 g/mol. The minimum atomic E-state index is -0.292. The third kappa shape index (κ3) is 2.81. The Hall–Kier alpha value is -1.02. The molecule has 2 rings (SSSR count). The van der Waals surface area contributed by atoms with Gasteiger partial charge in [0.1, 0.15) is 11.9 Å². The molecule has 1 aromatic carbocycles. The van der Waals surface area contributed by atoms with Gasteiger partial charge in [-0.3, -0.25) is 0 Å². The minimum Gasteiger partial charge on any atom is -0.487 e. The zero-order valence-corrected chi connectivity index (χ0v) is 10.7. The van der Waals surface area contributed by atoms with Gasteiger partial charge in [0.25, 0.3) is 0 Å². The molecular formula is C15H22O2. The first-order valence-corrected chi connectivity index (χ1v) is 6.66. The lowest BCUT2D eigenvalue weighted by molar-refractivity contribution is 0.0596. The fourth-order valence-corrected chi connectivity index (χ4v) is 2.42. The summed E-state index contributed by atoms with van der Waals surface area (Å²) in [6, 6.07) is 8.21. The van der Waals surface area contributed by atoms with Crippen LogP contribution in [0.5, 0.6) is 5.75 Å². The fourth-order valence-electron chi connectivity index (χ4n) is 2.42. The molecule has 2 nitrogen and oxygen atoms in total. The molecule has 0 heterocycles. The molecule has 1 aliphatic carbocycles. The van der Waals surface area contributed by atoms with Crippen LogP contribution in [0.1, 0.15) is 51.0 Å². The molecule has 2 heteroatoms. The Morgan fingerprint density at radius 1 is 1.35 bits per heavy atom. The van der Waals surface area contributed by atoms with E-state index in [1.165, 1.54) is 5.56 Å². The van der Waals surface area contributed by atoms with Crippen LogP contribution in [0.15, 0.2) is 24.3 Å². The number of hydrogen-bond donors (Lipinski definition) is 1. The standard InChI is InChI=1S/C15H22O2/c1-3-11(2)12-7-4-5-9-14(12)17-15-10-6-8-13(15)16/h4-5,7,9,11,13,15-16H,3,6,8,10H2,1-2H3/t11?,13-,15-/m1/s1. The van der Waals surface area contributed by atoms with Crippen molar-refractivity contribution in [2.45, 2.75) is 57.7 Å². The normalized spacial score (nSPS) is 25.8. The molecule has 0 saturated heterocycles. The number of benzene rings is 1. The van der Waals surface area contributed by atoms with Gasteiger partial charge in [-0.05, 0) is 43.2 Å². The first-order valence-electron chi connectivity index (χ1n) is 6.66. The third-order valence-electron chi connectivity index (χ3n) is 3.76. The van der Waals surface area contributed by atoms with Crippen LogP contribution >= 0.6 is 0 Å². The summed E-state index contributed by atoms with van der Waals surface area (Å²) in [6.07, 6.45) is 3.71. The molecule has 94 valence electrons. The second-order valence-corrected chi connectivity index (χ2v) is 5.00. The van der Waals surface area contributed by atoms with Crippen LogP contribution in [-0.4, -0.2) is 17.3 Å². The molecule has 0 radical (unpaired) electrons. The highest BCUT2D eigenvalue weighted by Gasteiger charge is 2.27. The Morgan fingerprint density at radius 2 is 2.12 bits per heavy atom. The van der Waals surface area contributed by atoms with Crippen LogP contribution in [-0.2, 0) is 0 Å². The van der Waals surface area contributed by atoms with E-state index in [1.807, 2.05) is 12.1 Å². The molecule has 3 atom stereocenters. The molecule has 0 bridgehead atoms. The quantitative estimate of drug-likeness (QED) is 0.864. The highest BCUT2D eigenvalue weighted by molar-refractivity contribution is 5.36. The van der Waals surface area contributed by atoms with Crippen molar-refractivity contribution in [2.75, 3.05) is 0 Å². The van der Waals surface area contributed by atoms with Crippen molar-refractivity contribution in [3.05, 3.63) is 29.8 Å². The first-order chi connectivity index (χ1) is 8.22. The topological polar surface area (TPSA) is 29.5 Å². The Balaban J connectivity index is 2.14. The van der Waals surface area contributed by atoms with E-state index in [0.29, 0.717) is 5.92 Å². The molecule has 1 aromatic rings. The summed E-state index contributed by atoms with van der Waals surface area (Å²) < 4.78 is 5.99. The zero-order chi connectivity index (χ0) is 12.3. The number of aliphatic hydroxyl groups excluding tert-OH is 1. The Labute approximate surface area is 104 Å². The summed E-state index contributed by atoms with van der Waals surface area (Å²) >= 11 is 0. The van der Waals surface area contributed by atoms with Gasteiger partial charge in [0.2, 0.25) is 0 Å².